The van der Waals surface area contributed by atoms with Crippen LogP contribution < -0.4 is 9.47 Å². The Hall–Kier alpha value is -1.22. The molecule has 0 saturated carbocycles. The van der Waals surface area contributed by atoms with Gasteiger partial charge in [-0.2, -0.15) is 0 Å². The summed E-state index contributed by atoms with van der Waals surface area (Å²) < 4.78 is 10.8. The molecule has 1 heterocycles. The summed E-state index contributed by atoms with van der Waals surface area (Å²) in [7, 11) is 5.55. The summed E-state index contributed by atoms with van der Waals surface area (Å²) in [5.74, 6) is 1.73. The molecular formula is C13H19NO2. The molecule has 1 aliphatic heterocycles. The average Bonchev–Trinajstić information content (AvgIpc) is 2.32. The van der Waals surface area contributed by atoms with Gasteiger partial charge in [0.05, 0.1) is 14.2 Å². The van der Waals surface area contributed by atoms with Gasteiger partial charge in [-0.3, -0.25) is 4.90 Å². The van der Waals surface area contributed by atoms with Crippen LogP contribution in [0.4, 0.5) is 0 Å². The highest BCUT2D eigenvalue weighted by atomic mass is 16.5. The first-order chi connectivity index (χ1) is 7.69. The first kappa shape index (κ1) is 11.3. The van der Waals surface area contributed by atoms with Crippen LogP contribution in [0.15, 0.2) is 12.1 Å². The molecule has 0 spiro atoms. The minimum absolute atomic E-state index is 0.448. The van der Waals surface area contributed by atoms with Crippen molar-refractivity contribution in [2.45, 2.75) is 19.4 Å². The largest absolute Gasteiger partial charge is 0.493 e. The van der Waals surface area contributed by atoms with Crippen LogP contribution in [-0.2, 0) is 6.42 Å². The summed E-state index contributed by atoms with van der Waals surface area (Å²) in [5, 5.41) is 0. The Morgan fingerprint density at radius 3 is 2.62 bits per heavy atom. The molecule has 3 heteroatoms. The number of hydrogen-bond acceptors (Lipinski definition) is 3. The fourth-order valence-electron chi connectivity index (χ4n) is 2.37. The summed E-state index contributed by atoms with van der Waals surface area (Å²) >= 11 is 0. The smallest absolute Gasteiger partial charge is 0.164 e. The number of likely N-dealkylation sites (N-methyl/N-ethyl adjacent to an activating group) is 1. The molecule has 2 rings (SSSR count). The van der Waals surface area contributed by atoms with Crippen LogP contribution in [-0.4, -0.2) is 32.7 Å². The van der Waals surface area contributed by atoms with Gasteiger partial charge in [0.1, 0.15) is 0 Å². The van der Waals surface area contributed by atoms with Gasteiger partial charge in [0.2, 0.25) is 0 Å². The van der Waals surface area contributed by atoms with Crippen molar-refractivity contribution >= 4 is 0 Å². The summed E-state index contributed by atoms with van der Waals surface area (Å²) in [6.07, 6.45) is 1.02. The Balaban J connectivity index is 2.52. The Bertz CT molecular complexity index is 390. The minimum Gasteiger partial charge on any atom is -0.493 e. The van der Waals surface area contributed by atoms with E-state index in [1.165, 1.54) is 11.1 Å². The maximum Gasteiger partial charge on any atom is 0.164 e. The van der Waals surface area contributed by atoms with Gasteiger partial charge in [-0.05, 0) is 32.0 Å². The third-order valence-corrected chi connectivity index (χ3v) is 3.51. The maximum absolute atomic E-state index is 5.47. The maximum atomic E-state index is 5.47. The molecule has 88 valence electrons. The second-order valence-electron chi connectivity index (χ2n) is 4.28. The molecule has 0 N–H and O–H groups in total. The van der Waals surface area contributed by atoms with Gasteiger partial charge >= 0.3 is 0 Å². The van der Waals surface area contributed by atoms with Gasteiger partial charge in [-0.15, -0.1) is 0 Å². The zero-order chi connectivity index (χ0) is 11.7. The van der Waals surface area contributed by atoms with Crippen molar-refractivity contribution in [2.24, 2.45) is 0 Å². The molecule has 0 aromatic heterocycles. The van der Waals surface area contributed by atoms with Gasteiger partial charge in [0.15, 0.2) is 11.5 Å². The van der Waals surface area contributed by atoms with E-state index in [0.29, 0.717) is 6.04 Å². The number of ether oxygens (including phenoxy) is 2. The van der Waals surface area contributed by atoms with E-state index < -0.39 is 0 Å². The average molecular weight is 221 g/mol. The van der Waals surface area contributed by atoms with E-state index in [9.17, 15) is 0 Å². The highest BCUT2D eigenvalue weighted by Crippen LogP contribution is 2.39. The van der Waals surface area contributed by atoms with Crippen LogP contribution in [0.3, 0.4) is 0 Å². The van der Waals surface area contributed by atoms with Gasteiger partial charge < -0.3 is 9.47 Å². The van der Waals surface area contributed by atoms with Crippen molar-refractivity contribution in [1.82, 2.24) is 4.90 Å². The molecule has 1 unspecified atom stereocenters. The van der Waals surface area contributed by atoms with Crippen LogP contribution >= 0.6 is 0 Å². The monoisotopic (exact) mass is 221 g/mol. The zero-order valence-corrected chi connectivity index (χ0v) is 10.4. The van der Waals surface area contributed by atoms with Crippen LogP contribution in [0.1, 0.15) is 24.1 Å². The van der Waals surface area contributed by atoms with E-state index in [1.54, 1.807) is 14.2 Å². The summed E-state index contributed by atoms with van der Waals surface area (Å²) in [5.41, 5.74) is 2.65. The Labute approximate surface area is 97.0 Å². The molecule has 1 atom stereocenters. The SMILES string of the molecule is COc1ccc2c(c1OC)CCN(C)C2C. The predicted molar refractivity (Wildman–Crippen MR) is 64.3 cm³/mol. The van der Waals surface area contributed by atoms with Crippen LogP contribution in [0.25, 0.3) is 0 Å². The van der Waals surface area contributed by atoms with Crippen molar-refractivity contribution in [1.29, 1.82) is 0 Å². The van der Waals surface area contributed by atoms with E-state index in [1.807, 2.05) is 6.07 Å². The lowest BCUT2D eigenvalue weighted by atomic mass is 9.93. The molecule has 0 amide bonds. The molecular weight excluding hydrogens is 202 g/mol. The van der Waals surface area contributed by atoms with E-state index in [4.69, 9.17) is 9.47 Å². The summed E-state index contributed by atoms with van der Waals surface area (Å²) in [6.45, 7) is 3.29. The molecule has 0 radical (unpaired) electrons. The molecule has 1 aromatic rings. The number of benzene rings is 1. The lowest BCUT2D eigenvalue weighted by Crippen LogP contribution is -2.30. The lowest BCUT2D eigenvalue weighted by molar-refractivity contribution is 0.242. The third kappa shape index (κ3) is 1.65. The zero-order valence-electron chi connectivity index (χ0n) is 10.4. The Morgan fingerprint density at radius 1 is 1.25 bits per heavy atom. The van der Waals surface area contributed by atoms with Crippen molar-refractivity contribution in [3.63, 3.8) is 0 Å². The summed E-state index contributed by atoms with van der Waals surface area (Å²) in [4.78, 5) is 2.36. The van der Waals surface area contributed by atoms with Crippen molar-refractivity contribution in [2.75, 3.05) is 27.8 Å². The van der Waals surface area contributed by atoms with Gasteiger partial charge in [0.25, 0.3) is 0 Å². The number of fused-ring (bicyclic) bond motifs is 1. The second kappa shape index (κ2) is 4.34. The van der Waals surface area contributed by atoms with E-state index in [2.05, 4.69) is 24.9 Å². The molecule has 0 bridgehead atoms. The highest BCUT2D eigenvalue weighted by Gasteiger charge is 2.25. The van der Waals surface area contributed by atoms with Gasteiger partial charge in [-0.25, -0.2) is 0 Å². The third-order valence-electron chi connectivity index (χ3n) is 3.51. The number of methoxy groups -OCH3 is 2. The molecule has 1 aromatic carbocycles. The van der Waals surface area contributed by atoms with Crippen molar-refractivity contribution < 1.29 is 9.47 Å². The highest BCUT2D eigenvalue weighted by molar-refractivity contribution is 5.52. The molecule has 0 saturated heterocycles. The molecule has 1 aliphatic rings. The topological polar surface area (TPSA) is 21.7 Å². The number of hydrogen-bond donors (Lipinski definition) is 0. The molecule has 16 heavy (non-hydrogen) atoms. The first-order valence-electron chi connectivity index (χ1n) is 5.63. The quantitative estimate of drug-likeness (QED) is 0.764. The van der Waals surface area contributed by atoms with Crippen LogP contribution in [0.5, 0.6) is 11.5 Å². The van der Waals surface area contributed by atoms with Crippen molar-refractivity contribution in [3.05, 3.63) is 23.3 Å². The standard InChI is InChI=1S/C13H19NO2/c1-9-10-5-6-12(15-3)13(16-4)11(10)7-8-14(9)2/h5-6,9H,7-8H2,1-4H3. The summed E-state index contributed by atoms with van der Waals surface area (Å²) in [6, 6.07) is 4.59. The minimum atomic E-state index is 0.448. The first-order valence-corrected chi connectivity index (χ1v) is 5.63. The Morgan fingerprint density at radius 2 is 2.00 bits per heavy atom. The fourth-order valence-corrected chi connectivity index (χ4v) is 2.37. The van der Waals surface area contributed by atoms with E-state index in [-0.39, 0.29) is 0 Å². The van der Waals surface area contributed by atoms with Crippen molar-refractivity contribution in [3.8, 4) is 11.5 Å². The molecule has 0 fully saturated rings. The lowest BCUT2D eigenvalue weighted by Gasteiger charge is -2.33. The number of nitrogens with zero attached hydrogens (tertiary/aromatic N) is 1. The molecule has 3 nitrogen and oxygen atoms in total. The van der Waals surface area contributed by atoms with Crippen LogP contribution in [0, 0.1) is 0 Å². The van der Waals surface area contributed by atoms with Crippen LogP contribution in [0.2, 0.25) is 0 Å². The normalized spacial score (nSPS) is 20.4. The predicted octanol–water partition coefficient (Wildman–Crippen LogP) is 2.25. The molecule has 0 aliphatic carbocycles. The van der Waals surface area contributed by atoms with Gasteiger partial charge in [0, 0.05) is 18.2 Å². The van der Waals surface area contributed by atoms with E-state index in [0.717, 1.165) is 24.5 Å². The second-order valence-corrected chi connectivity index (χ2v) is 4.28. The number of rotatable bonds is 2. The Kier molecular flexibility index (Phi) is 3.06. The van der Waals surface area contributed by atoms with E-state index >= 15 is 0 Å². The fraction of sp³-hybridized carbons (Fsp3) is 0.538. The van der Waals surface area contributed by atoms with Gasteiger partial charge in [-0.1, -0.05) is 6.07 Å².